The zero-order valence-electron chi connectivity index (χ0n) is 12.5. The average Bonchev–Trinajstić information content (AvgIpc) is 2.75. The zero-order valence-corrected chi connectivity index (χ0v) is 14.0. The maximum Gasteiger partial charge on any atom is 0.0850 e. The Bertz CT molecular complexity index is 452. The molecule has 0 aromatic carbocycles. The number of aromatic nitrogens is 2. The molecule has 1 aliphatic rings. The van der Waals surface area contributed by atoms with Gasteiger partial charge < -0.3 is 5.11 Å². The molecular formula is C14H24ClN3OS. The van der Waals surface area contributed by atoms with Gasteiger partial charge in [-0.3, -0.25) is 9.58 Å². The van der Waals surface area contributed by atoms with E-state index >= 15 is 0 Å². The fraction of sp³-hybridized carbons (Fsp3) is 0.786. The summed E-state index contributed by atoms with van der Waals surface area (Å²) in [6, 6.07) is 0.204. The number of hydrogen-bond donors (Lipinski definition) is 1. The van der Waals surface area contributed by atoms with E-state index < -0.39 is 6.10 Å². The van der Waals surface area contributed by atoms with Gasteiger partial charge in [0.05, 0.1) is 22.5 Å². The van der Waals surface area contributed by atoms with Gasteiger partial charge in [0.2, 0.25) is 0 Å². The number of aryl methyl sites for hydroxylation is 2. The lowest BCUT2D eigenvalue weighted by atomic mass is 10.1. The summed E-state index contributed by atoms with van der Waals surface area (Å²) in [6.45, 7) is 5.94. The zero-order chi connectivity index (χ0) is 14.7. The molecule has 0 amide bonds. The first-order valence-electron chi connectivity index (χ1n) is 7.28. The quantitative estimate of drug-likeness (QED) is 0.902. The molecule has 6 heteroatoms. The number of hydrogen-bond acceptors (Lipinski definition) is 4. The number of rotatable bonds is 5. The van der Waals surface area contributed by atoms with E-state index in [4.69, 9.17) is 11.6 Å². The highest BCUT2D eigenvalue weighted by molar-refractivity contribution is 7.99. The Morgan fingerprint density at radius 1 is 1.50 bits per heavy atom. The SMILES string of the molecule is CCc1nn(CC)c(CC(O)C2CSCCN2C)c1Cl. The lowest BCUT2D eigenvalue weighted by molar-refractivity contribution is 0.0747. The van der Waals surface area contributed by atoms with Gasteiger partial charge in [0, 0.05) is 37.1 Å². The minimum Gasteiger partial charge on any atom is -0.391 e. The number of aliphatic hydroxyl groups is 1. The van der Waals surface area contributed by atoms with Crippen molar-refractivity contribution in [3.8, 4) is 0 Å². The van der Waals surface area contributed by atoms with Gasteiger partial charge in [0.25, 0.3) is 0 Å². The fourth-order valence-corrected chi connectivity index (χ4v) is 4.30. The Kier molecular flexibility index (Phi) is 5.78. The van der Waals surface area contributed by atoms with Crippen LogP contribution in [0.15, 0.2) is 0 Å². The monoisotopic (exact) mass is 317 g/mol. The molecular weight excluding hydrogens is 294 g/mol. The Morgan fingerprint density at radius 2 is 2.25 bits per heavy atom. The van der Waals surface area contributed by atoms with Crippen molar-refractivity contribution >= 4 is 23.4 Å². The topological polar surface area (TPSA) is 41.3 Å². The van der Waals surface area contributed by atoms with Crippen molar-refractivity contribution in [3.63, 3.8) is 0 Å². The van der Waals surface area contributed by atoms with E-state index in [-0.39, 0.29) is 6.04 Å². The van der Waals surface area contributed by atoms with E-state index in [1.807, 2.05) is 16.4 Å². The number of aliphatic hydroxyl groups excluding tert-OH is 1. The summed E-state index contributed by atoms with van der Waals surface area (Å²) >= 11 is 8.33. The van der Waals surface area contributed by atoms with Crippen LogP contribution in [0.1, 0.15) is 25.2 Å². The van der Waals surface area contributed by atoms with Crippen molar-refractivity contribution in [2.45, 2.75) is 45.4 Å². The summed E-state index contributed by atoms with van der Waals surface area (Å²) in [4.78, 5) is 2.25. The van der Waals surface area contributed by atoms with Crippen molar-refractivity contribution in [2.75, 3.05) is 25.1 Å². The molecule has 0 aliphatic carbocycles. The van der Waals surface area contributed by atoms with E-state index in [9.17, 15) is 5.11 Å². The number of nitrogens with zero attached hydrogens (tertiary/aromatic N) is 3. The molecule has 1 N–H and O–H groups in total. The molecule has 1 saturated heterocycles. The first-order chi connectivity index (χ1) is 9.58. The summed E-state index contributed by atoms with van der Waals surface area (Å²) < 4.78 is 1.93. The Balaban J connectivity index is 2.14. The van der Waals surface area contributed by atoms with Crippen molar-refractivity contribution in [1.82, 2.24) is 14.7 Å². The molecule has 0 spiro atoms. The lowest BCUT2D eigenvalue weighted by Crippen LogP contribution is -2.48. The molecule has 0 saturated carbocycles. The summed E-state index contributed by atoms with van der Waals surface area (Å²) in [5.41, 5.74) is 1.91. The smallest absolute Gasteiger partial charge is 0.0850 e. The second-order valence-electron chi connectivity index (χ2n) is 5.27. The van der Waals surface area contributed by atoms with Gasteiger partial charge in [-0.1, -0.05) is 18.5 Å². The van der Waals surface area contributed by atoms with Crippen LogP contribution in [0.4, 0.5) is 0 Å². The highest BCUT2D eigenvalue weighted by Crippen LogP contribution is 2.25. The van der Waals surface area contributed by atoms with Crippen LogP contribution in [0.2, 0.25) is 5.02 Å². The molecule has 20 heavy (non-hydrogen) atoms. The van der Waals surface area contributed by atoms with Crippen LogP contribution in [-0.2, 0) is 19.4 Å². The molecule has 2 unspecified atom stereocenters. The van der Waals surface area contributed by atoms with Crippen LogP contribution in [0, 0.1) is 0 Å². The standard InChI is InChI=1S/C14H24ClN3OS/c1-4-10-14(15)11(18(5-2)16-10)8-13(19)12-9-20-7-6-17(12)3/h12-13,19H,4-9H2,1-3H3. The molecule has 2 heterocycles. The lowest BCUT2D eigenvalue weighted by Gasteiger charge is -2.35. The third kappa shape index (κ3) is 3.32. The van der Waals surface area contributed by atoms with Crippen molar-refractivity contribution in [1.29, 1.82) is 0 Å². The molecule has 2 atom stereocenters. The molecule has 0 radical (unpaired) electrons. The van der Waals surface area contributed by atoms with Gasteiger partial charge in [-0.25, -0.2) is 0 Å². The highest BCUT2D eigenvalue weighted by atomic mass is 35.5. The van der Waals surface area contributed by atoms with Crippen LogP contribution in [-0.4, -0.2) is 57.0 Å². The Labute approximate surface area is 130 Å². The molecule has 2 rings (SSSR count). The van der Waals surface area contributed by atoms with Gasteiger partial charge in [-0.05, 0) is 20.4 Å². The molecule has 1 aromatic heterocycles. The first-order valence-corrected chi connectivity index (χ1v) is 8.81. The predicted octanol–water partition coefficient (Wildman–Crippen LogP) is 2.07. The van der Waals surface area contributed by atoms with E-state index in [1.165, 1.54) is 0 Å². The van der Waals surface area contributed by atoms with Crippen molar-refractivity contribution in [2.24, 2.45) is 0 Å². The van der Waals surface area contributed by atoms with Crippen LogP contribution in [0.25, 0.3) is 0 Å². The second kappa shape index (κ2) is 7.16. The van der Waals surface area contributed by atoms with Crippen LogP contribution in [0.5, 0.6) is 0 Å². The molecule has 4 nitrogen and oxygen atoms in total. The number of likely N-dealkylation sites (N-methyl/N-ethyl adjacent to an activating group) is 1. The Morgan fingerprint density at radius 3 is 2.85 bits per heavy atom. The van der Waals surface area contributed by atoms with Crippen molar-refractivity contribution in [3.05, 3.63) is 16.4 Å². The third-order valence-electron chi connectivity index (χ3n) is 3.98. The van der Waals surface area contributed by atoms with Gasteiger partial charge in [0.15, 0.2) is 0 Å². The average molecular weight is 318 g/mol. The summed E-state index contributed by atoms with van der Waals surface area (Å²) in [7, 11) is 2.09. The molecule has 0 bridgehead atoms. The van der Waals surface area contributed by atoms with Crippen LogP contribution >= 0.6 is 23.4 Å². The predicted molar refractivity (Wildman–Crippen MR) is 85.7 cm³/mol. The first kappa shape index (κ1) is 16.1. The molecule has 1 fully saturated rings. The maximum absolute atomic E-state index is 10.6. The third-order valence-corrected chi connectivity index (χ3v) is 5.47. The molecule has 1 aromatic rings. The van der Waals surface area contributed by atoms with Crippen molar-refractivity contribution < 1.29 is 5.11 Å². The minimum absolute atomic E-state index is 0.204. The molecule has 1 aliphatic heterocycles. The van der Waals surface area contributed by atoms with E-state index in [1.54, 1.807) is 0 Å². The summed E-state index contributed by atoms with van der Waals surface area (Å²) in [5.74, 6) is 2.13. The largest absolute Gasteiger partial charge is 0.391 e. The number of thioether (sulfide) groups is 1. The van der Waals surface area contributed by atoms with E-state index in [0.717, 1.165) is 47.4 Å². The summed E-state index contributed by atoms with van der Waals surface area (Å²) in [6.07, 6.45) is 1.01. The summed E-state index contributed by atoms with van der Waals surface area (Å²) in [5, 5.41) is 15.8. The van der Waals surface area contributed by atoms with Gasteiger partial charge in [-0.15, -0.1) is 0 Å². The molecule has 114 valence electrons. The van der Waals surface area contributed by atoms with Gasteiger partial charge >= 0.3 is 0 Å². The maximum atomic E-state index is 10.6. The second-order valence-corrected chi connectivity index (χ2v) is 6.80. The van der Waals surface area contributed by atoms with Crippen LogP contribution in [0.3, 0.4) is 0 Å². The Hall–Kier alpha value is -0.230. The van der Waals surface area contributed by atoms with E-state index in [0.29, 0.717) is 6.42 Å². The minimum atomic E-state index is -0.392. The highest BCUT2D eigenvalue weighted by Gasteiger charge is 2.28. The van der Waals surface area contributed by atoms with Gasteiger partial charge in [0.1, 0.15) is 0 Å². The normalized spacial score (nSPS) is 22.1. The van der Waals surface area contributed by atoms with Crippen LogP contribution < -0.4 is 0 Å². The van der Waals surface area contributed by atoms with E-state index in [2.05, 4.69) is 30.9 Å². The van der Waals surface area contributed by atoms with Gasteiger partial charge in [-0.2, -0.15) is 16.9 Å². The fourth-order valence-electron chi connectivity index (χ4n) is 2.66. The number of halogens is 1.